The van der Waals surface area contributed by atoms with Gasteiger partial charge in [-0.3, -0.25) is 4.79 Å². The van der Waals surface area contributed by atoms with Crippen LogP contribution in [0.15, 0.2) is 36.5 Å². The number of methoxy groups -OCH3 is 1. The van der Waals surface area contributed by atoms with Crippen LogP contribution >= 0.6 is 0 Å². The van der Waals surface area contributed by atoms with E-state index in [4.69, 9.17) is 19.3 Å². The van der Waals surface area contributed by atoms with Gasteiger partial charge in [0.2, 0.25) is 0 Å². The van der Waals surface area contributed by atoms with Gasteiger partial charge in [-0.1, -0.05) is 56.2 Å². The van der Waals surface area contributed by atoms with Crippen LogP contribution in [-0.2, 0) is 23.7 Å². The summed E-state index contributed by atoms with van der Waals surface area (Å²) in [5.41, 5.74) is 0. The van der Waals surface area contributed by atoms with Crippen LogP contribution < -0.4 is 0 Å². The molecule has 0 bridgehead atoms. The number of ether oxygens (including phenoxy) is 4. The fourth-order valence-electron chi connectivity index (χ4n) is 4.04. The number of aliphatic hydroxyl groups is 5. The lowest BCUT2D eigenvalue weighted by atomic mass is 9.99. The third-order valence-electron chi connectivity index (χ3n) is 6.55. The molecular formula is C30H52O10. The zero-order valence-corrected chi connectivity index (χ0v) is 24.2. The maximum absolute atomic E-state index is 11.3. The molecule has 1 rings (SSSR count). The smallest absolute Gasteiger partial charge is 0.305 e. The summed E-state index contributed by atoms with van der Waals surface area (Å²) in [5.74, 6) is -0.236. The molecule has 1 heterocycles. The van der Waals surface area contributed by atoms with Gasteiger partial charge < -0.3 is 44.5 Å². The third-order valence-corrected chi connectivity index (χ3v) is 6.55. The van der Waals surface area contributed by atoms with Crippen molar-refractivity contribution in [3.63, 3.8) is 0 Å². The van der Waals surface area contributed by atoms with Crippen molar-refractivity contribution in [3.05, 3.63) is 36.5 Å². The number of esters is 1. The number of aliphatic hydroxyl groups excluding tert-OH is 5. The predicted molar refractivity (Wildman–Crippen MR) is 151 cm³/mol. The number of carbonyl (C=O) groups excluding carboxylic acids is 1. The van der Waals surface area contributed by atoms with Crippen LogP contribution in [0.4, 0.5) is 0 Å². The Hall–Kier alpha value is -1.63. The van der Waals surface area contributed by atoms with E-state index in [9.17, 15) is 25.2 Å². The molecule has 0 unspecified atom stereocenters. The molecule has 0 radical (unpaired) electrons. The Bertz CT molecular complexity index is 725. The first-order valence-electron chi connectivity index (χ1n) is 14.6. The molecule has 1 saturated heterocycles. The van der Waals surface area contributed by atoms with Crippen molar-refractivity contribution < 1.29 is 49.3 Å². The van der Waals surface area contributed by atoms with Gasteiger partial charge in [-0.25, -0.2) is 0 Å². The molecule has 10 nitrogen and oxygen atoms in total. The Morgan fingerprint density at radius 1 is 0.900 bits per heavy atom. The second-order valence-electron chi connectivity index (χ2n) is 10.1. The van der Waals surface area contributed by atoms with Crippen molar-refractivity contribution in [3.8, 4) is 0 Å². The van der Waals surface area contributed by atoms with Gasteiger partial charge in [0, 0.05) is 6.42 Å². The van der Waals surface area contributed by atoms with E-state index < -0.39 is 43.4 Å². The SMILES string of the molecule is CCCCC/C=C\CCC/C=C/[C@@H](C/C=C\CCCC(=O)OC)OC[C@H]1O[C@@H](OC[C@H](O)CO)[C@H](O)[C@@H](O)[C@H]1O. The van der Waals surface area contributed by atoms with Gasteiger partial charge in [0.05, 0.1) is 33.0 Å². The van der Waals surface area contributed by atoms with Crippen molar-refractivity contribution >= 4 is 5.97 Å². The minimum Gasteiger partial charge on any atom is -0.469 e. The highest BCUT2D eigenvalue weighted by molar-refractivity contribution is 5.69. The van der Waals surface area contributed by atoms with Crippen molar-refractivity contribution in [1.29, 1.82) is 0 Å². The minimum atomic E-state index is -1.53. The van der Waals surface area contributed by atoms with Crippen LogP contribution in [0, 0.1) is 0 Å². The molecule has 40 heavy (non-hydrogen) atoms. The lowest BCUT2D eigenvalue weighted by Gasteiger charge is -2.40. The number of allylic oxidation sites excluding steroid dienone is 4. The lowest BCUT2D eigenvalue weighted by Crippen LogP contribution is -2.59. The summed E-state index contributed by atoms with van der Waals surface area (Å²) in [6, 6.07) is 0. The molecule has 5 N–H and O–H groups in total. The highest BCUT2D eigenvalue weighted by Crippen LogP contribution is 2.23. The van der Waals surface area contributed by atoms with Gasteiger partial charge in [0.1, 0.15) is 30.5 Å². The van der Waals surface area contributed by atoms with Gasteiger partial charge in [-0.05, 0) is 51.4 Å². The summed E-state index contributed by atoms with van der Waals surface area (Å²) < 4.78 is 21.6. The predicted octanol–water partition coefficient (Wildman–Crippen LogP) is 2.70. The molecule has 1 aliphatic rings. The van der Waals surface area contributed by atoms with Crippen LogP contribution in [0.2, 0.25) is 0 Å². The van der Waals surface area contributed by atoms with Crippen LogP contribution in [0.1, 0.15) is 77.6 Å². The van der Waals surface area contributed by atoms with E-state index in [1.807, 2.05) is 18.2 Å². The molecule has 10 heteroatoms. The summed E-state index contributed by atoms with van der Waals surface area (Å²) in [6.45, 7) is 1.29. The lowest BCUT2D eigenvalue weighted by molar-refractivity contribution is -0.307. The Morgan fingerprint density at radius 3 is 2.27 bits per heavy atom. The quantitative estimate of drug-likeness (QED) is 0.0743. The second-order valence-corrected chi connectivity index (χ2v) is 10.1. The Labute approximate surface area is 239 Å². The number of hydrogen-bond acceptors (Lipinski definition) is 10. The third kappa shape index (κ3) is 16.0. The van der Waals surface area contributed by atoms with Gasteiger partial charge in [-0.15, -0.1) is 0 Å². The minimum absolute atomic E-state index is 0.0704. The van der Waals surface area contributed by atoms with Gasteiger partial charge >= 0.3 is 5.97 Å². The fraction of sp³-hybridized carbons (Fsp3) is 0.767. The van der Waals surface area contributed by atoms with Crippen LogP contribution in [0.3, 0.4) is 0 Å². The molecule has 0 amide bonds. The molecule has 1 aliphatic heterocycles. The van der Waals surface area contributed by atoms with Gasteiger partial charge in [-0.2, -0.15) is 0 Å². The summed E-state index contributed by atoms with van der Waals surface area (Å²) in [5, 5.41) is 49.4. The maximum atomic E-state index is 11.3. The molecule has 0 aromatic carbocycles. The number of carbonyl (C=O) groups is 1. The maximum Gasteiger partial charge on any atom is 0.305 e. The molecule has 7 atom stereocenters. The van der Waals surface area contributed by atoms with E-state index in [0.717, 1.165) is 32.1 Å². The summed E-state index contributed by atoms with van der Waals surface area (Å²) in [4.78, 5) is 11.3. The van der Waals surface area contributed by atoms with E-state index in [1.165, 1.54) is 26.4 Å². The van der Waals surface area contributed by atoms with Crippen LogP contribution in [0.25, 0.3) is 0 Å². The summed E-state index contributed by atoms with van der Waals surface area (Å²) in [6.07, 6.45) is 14.3. The molecule has 0 aromatic rings. The molecule has 0 spiro atoms. The van der Waals surface area contributed by atoms with Gasteiger partial charge in [0.25, 0.3) is 0 Å². The van der Waals surface area contributed by atoms with E-state index in [0.29, 0.717) is 19.3 Å². The van der Waals surface area contributed by atoms with Crippen molar-refractivity contribution in [2.24, 2.45) is 0 Å². The molecular weight excluding hydrogens is 520 g/mol. The zero-order valence-electron chi connectivity index (χ0n) is 24.2. The first kappa shape index (κ1) is 36.4. The molecule has 0 aliphatic carbocycles. The highest BCUT2D eigenvalue weighted by atomic mass is 16.7. The second kappa shape index (κ2) is 23.0. The van der Waals surface area contributed by atoms with E-state index in [-0.39, 0.29) is 25.3 Å². The zero-order chi connectivity index (χ0) is 29.6. The normalized spacial score (nSPS) is 25.2. The Kier molecular flexibility index (Phi) is 20.9. The largest absolute Gasteiger partial charge is 0.469 e. The van der Waals surface area contributed by atoms with Crippen molar-refractivity contribution in [1.82, 2.24) is 0 Å². The van der Waals surface area contributed by atoms with Crippen LogP contribution in [-0.4, -0.2) is 101 Å². The summed E-state index contributed by atoms with van der Waals surface area (Å²) in [7, 11) is 1.37. The molecule has 1 fully saturated rings. The monoisotopic (exact) mass is 572 g/mol. The van der Waals surface area contributed by atoms with Crippen molar-refractivity contribution in [2.75, 3.05) is 26.9 Å². The van der Waals surface area contributed by atoms with Crippen LogP contribution in [0.5, 0.6) is 0 Å². The summed E-state index contributed by atoms with van der Waals surface area (Å²) >= 11 is 0. The first-order chi connectivity index (χ1) is 19.3. The van der Waals surface area contributed by atoms with Gasteiger partial charge in [0.15, 0.2) is 6.29 Å². The average Bonchev–Trinajstić information content (AvgIpc) is 2.96. The first-order valence-corrected chi connectivity index (χ1v) is 14.6. The standard InChI is InChI=1S/C30H52O10/c1-3-4-5-6-7-8-9-10-11-14-17-24(18-15-12-13-16-19-26(33)37-2)38-22-25-27(34)28(35)29(36)30(40-25)39-21-23(32)20-31/h7-8,12,14-15,17,23-25,27-32,34-36H,3-6,9-11,13,16,18-22H2,1-2H3/b8-7-,15-12-,17-14+/t23-,24+,25-,27+,28+,29-,30-/m1/s1. The Morgan fingerprint density at radius 2 is 1.57 bits per heavy atom. The fourth-order valence-corrected chi connectivity index (χ4v) is 4.04. The molecule has 0 saturated carbocycles. The highest BCUT2D eigenvalue weighted by Gasteiger charge is 2.44. The molecule has 232 valence electrons. The van der Waals surface area contributed by atoms with E-state index in [2.05, 4.69) is 29.9 Å². The van der Waals surface area contributed by atoms with E-state index in [1.54, 1.807) is 0 Å². The number of hydrogen-bond donors (Lipinski definition) is 5. The average molecular weight is 573 g/mol. The molecule has 0 aromatic heterocycles. The Balaban J connectivity index is 2.64. The number of rotatable bonds is 22. The van der Waals surface area contributed by atoms with Crippen molar-refractivity contribution in [2.45, 2.75) is 120 Å². The van der Waals surface area contributed by atoms with E-state index >= 15 is 0 Å². The topological polar surface area (TPSA) is 155 Å². The number of unbranched alkanes of at least 4 members (excludes halogenated alkanes) is 6.